The molecule has 0 radical (unpaired) electrons. The van der Waals surface area contributed by atoms with Gasteiger partial charge in [0.05, 0.1) is 16.9 Å². The minimum absolute atomic E-state index is 0.0169. The highest BCUT2D eigenvalue weighted by Crippen LogP contribution is 2.36. The van der Waals surface area contributed by atoms with Crippen LogP contribution in [0, 0.1) is 11.3 Å². The molecule has 1 aromatic heterocycles. The van der Waals surface area contributed by atoms with E-state index in [0.29, 0.717) is 0 Å². The summed E-state index contributed by atoms with van der Waals surface area (Å²) in [6.45, 7) is 0. The number of nitrogens with zero attached hydrogens (tertiary/aromatic N) is 3. The fourth-order valence-corrected chi connectivity index (χ4v) is 2.56. The molecular weight excluding hydrogens is 414 g/mol. The van der Waals surface area contributed by atoms with Crippen LogP contribution in [0.2, 0.25) is 0 Å². The summed E-state index contributed by atoms with van der Waals surface area (Å²) >= 11 is 0. The number of nitriles is 1. The highest BCUT2D eigenvalue weighted by molar-refractivity contribution is 6.05. The number of benzene rings is 2. The molecule has 11 heteroatoms. The first-order valence-electron chi connectivity index (χ1n) is 8.16. The molecule has 1 heterocycles. The van der Waals surface area contributed by atoms with Crippen molar-refractivity contribution in [3.05, 3.63) is 77.1 Å². The van der Waals surface area contributed by atoms with Crippen LogP contribution >= 0.6 is 0 Å². The summed E-state index contributed by atoms with van der Waals surface area (Å²) in [6.07, 6.45) is -10.1. The number of halogens is 6. The molecule has 0 atom stereocenters. The van der Waals surface area contributed by atoms with Crippen molar-refractivity contribution in [1.82, 2.24) is 9.78 Å². The van der Waals surface area contributed by atoms with Crippen LogP contribution in [0.3, 0.4) is 0 Å². The number of anilines is 1. The molecular formula is C19H10F6N4O. The molecule has 30 heavy (non-hydrogen) atoms. The standard InChI is InChI=1S/C19H10F6N4O/c20-18(21,22)15-9-16(19(23,24)25)29(28-15)13-7-5-11(6-8-13)17(30)27-14-4-2-1-3-12(14)10-26/h1-9H,(H,27,30). The Hall–Kier alpha value is -3.81. The van der Waals surface area contributed by atoms with Crippen molar-refractivity contribution in [3.63, 3.8) is 0 Å². The lowest BCUT2D eigenvalue weighted by Crippen LogP contribution is -2.15. The van der Waals surface area contributed by atoms with Gasteiger partial charge in [0.2, 0.25) is 0 Å². The molecule has 0 spiro atoms. The third-order valence-corrected chi connectivity index (χ3v) is 3.96. The normalized spacial score (nSPS) is 11.8. The molecule has 0 saturated carbocycles. The molecule has 0 saturated heterocycles. The maximum absolute atomic E-state index is 13.1. The van der Waals surface area contributed by atoms with Gasteiger partial charge in [0.15, 0.2) is 5.69 Å². The van der Waals surface area contributed by atoms with Crippen LogP contribution in [-0.2, 0) is 12.4 Å². The van der Waals surface area contributed by atoms with E-state index in [2.05, 4.69) is 10.4 Å². The number of hydrogen-bond donors (Lipinski definition) is 1. The molecule has 154 valence electrons. The van der Waals surface area contributed by atoms with Gasteiger partial charge in [-0.1, -0.05) is 12.1 Å². The minimum Gasteiger partial charge on any atom is -0.321 e. The molecule has 0 fully saturated rings. The number of alkyl halides is 6. The molecule has 0 aliphatic rings. The zero-order valence-corrected chi connectivity index (χ0v) is 14.7. The number of aromatic nitrogens is 2. The quantitative estimate of drug-likeness (QED) is 0.600. The first-order chi connectivity index (χ1) is 14.0. The second-order valence-electron chi connectivity index (χ2n) is 5.98. The largest absolute Gasteiger partial charge is 0.435 e. The fraction of sp³-hybridized carbons (Fsp3) is 0.105. The first-order valence-corrected chi connectivity index (χ1v) is 8.16. The Kier molecular flexibility index (Phi) is 5.26. The number of hydrogen-bond acceptors (Lipinski definition) is 3. The van der Waals surface area contributed by atoms with E-state index in [1.54, 1.807) is 12.1 Å². The maximum Gasteiger partial charge on any atom is 0.435 e. The predicted molar refractivity (Wildman–Crippen MR) is 92.7 cm³/mol. The fourth-order valence-electron chi connectivity index (χ4n) is 2.56. The van der Waals surface area contributed by atoms with Crippen LogP contribution in [-0.4, -0.2) is 15.7 Å². The van der Waals surface area contributed by atoms with Crippen molar-refractivity contribution < 1.29 is 31.1 Å². The Labute approximate surface area is 165 Å². The molecule has 3 aromatic rings. The van der Waals surface area contributed by atoms with Gasteiger partial charge in [0.1, 0.15) is 11.8 Å². The summed E-state index contributed by atoms with van der Waals surface area (Å²) in [6, 6.07) is 12.3. The highest BCUT2D eigenvalue weighted by atomic mass is 19.4. The van der Waals surface area contributed by atoms with Gasteiger partial charge in [-0.05, 0) is 36.4 Å². The number of rotatable bonds is 3. The van der Waals surface area contributed by atoms with Gasteiger partial charge in [-0.15, -0.1) is 0 Å². The molecule has 1 amide bonds. The van der Waals surface area contributed by atoms with Gasteiger partial charge in [0.25, 0.3) is 5.91 Å². The molecule has 0 unspecified atom stereocenters. The van der Waals surface area contributed by atoms with E-state index in [1.165, 1.54) is 12.1 Å². The van der Waals surface area contributed by atoms with Crippen LogP contribution < -0.4 is 5.32 Å². The van der Waals surface area contributed by atoms with E-state index in [4.69, 9.17) is 5.26 Å². The second-order valence-corrected chi connectivity index (χ2v) is 5.98. The van der Waals surface area contributed by atoms with Gasteiger partial charge in [0, 0.05) is 11.6 Å². The number of para-hydroxylation sites is 1. The summed E-state index contributed by atoms with van der Waals surface area (Å²) in [5.74, 6) is -0.656. The summed E-state index contributed by atoms with van der Waals surface area (Å²) in [4.78, 5) is 12.3. The molecule has 2 aromatic carbocycles. The maximum atomic E-state index is 13.1. The second kappa shape index (κ2) is 7.55. The average Bonchev–Trinajstić information content (AvgIpc) is 3.15. The number of amides is 1. The highest BCUT2D eigenvalue weighted by Gasteiger charge is 2.42. The van der Waals surface area contributed by atoms with Gasteiger partial charge in [-0.2, -0.15) is 36.7 Å². The monoisotopic (exact) mass is 424 g/mol. The lowest BCUT2D eigenvalue weighted by Gasteiger charge is -2.11. The first kappa shape index (κ1) is 20.9. The zero-order chi connectivity index (χ0) is 22.1. The average molecular weight is 424 g/mol. The van der Waals surface area contributed by atoms with Crippen LogP contribution in [0.4, 0.5) is 32.0 Å². The Morgan fingerprint density at radius 3 is 2.17 bits per heavy atom. The molecule has 0 bridgehead atoms. The lowest BCUT2D eigenvalue weighted by molar-refractivity contribution is -0.143. The Bertz CT molecular complexity index is 1120. The number of nitrogens with one attached hydrogen (secondary N) is 1. The van der Waals surface area contributed by atoms with E-state index in [1.807, 2.05) is 6.07 Å². The van der Waals surface area contributed by atoms with Gasteiger partial charge < -0.3 is 5.32 Å². The summed E-state index contributed by atoms with van der Waals surface area (Å²) in [5, 5.41) is 14.5. The molecule has 3 rings (SSSR count). The van der Waals surface area contributed by atoms with Crippen molar-refractivity contribution in [2.45, 2.75) is 12.4 Å². The Morgan fingerprint density at radius 1 is 0.967 bits per heavy atom. The molecule has 0 aliphatic heterocycles. The van der Waals surface area contributed by atoms with Crippen molar-refractivity contribution in [3.8, 4) is 11.8 Å². The van der Waals surface area contributed by atoms with Gasteiger partial charge >= 0.3 is 12.4 Å². The van der Waals surface area contributed by atoms with Gasteiger partial charge in [-0.3, -0.25) is 4.79 Å². The van der Waals surface area contributed by atoms with Crippen molar-refractivity contribution >= 4 is 11.6 Å². The third kappa shape index (κ3) is 4.27. The molecule has 5 nitrogen and oxygen atoms in total. The van der Waals surface area contributed by atoms with Crippen LogP contribution in [0.5, 0.6) is 0 Å². The minimum atomic E-state index is -5.08. The van der Waals surface area contributed by atoms with Crippen molar-refractivity contribution in [2.75, 3.05) is 5.32 Å². The summed E-state index contributed by atoms with van der Waals surface area (Å²) < 4.78 is 77.9. The molecule has 1 N–H and O–H groups in total. The Balaban J connectivity index is 1.92. The van der Waals surface area contributed by atoms with Crippen LogP contribution in [0.25, 0.3) is 5.69 Å². The van der Waals surface area contributed by atoms with E-state index in [0.717, 1.165) is 24.3 Å². The summed E-state index contributed by atoms with van der Waals surface area (Å²) in [5.41, 5.74) is -3.15. The smallest absolute Gasteiger partial charge is 0.321 e. The van der Waals surface area contributed by atoms with Crippen molar-refractivity contribution in [1.29, 1.82) is 5.26 Å². The van der Waals surface area contributed by atoms with Crippen LogP contribution in [0.15, 0.2) is 54.6 Å². The topological polar surface area (TPSA) is 70.7 Å². The Morgan fingerprint density at radius 2 is 1.60 bits per heavy atom. The summed E-state index contributed by atoms with van der Waals surface area (Å²) in [7, 11) is 0. The molecule has 0 aliphatic carbocycles. The number of carbonyl (C=O) groups is 1. The third-order valence-electron chi connectivity index (χ3n) is 3.96. The SMILES string of the molecule is N#Cc1ccccc1NC(=O)c1ccc(-n2nc(C(F)(F)F)cc2C(F)(F)F)cc1. The van der Waals surface area contributed by atoms with E-state index in [-0.39, 0.29) is 33.2 Å². The predicted octanol–water partition coefficient (Wildman–Crippen LogP) is 5.03. The van der Waals surface area contributed by atoms with E-state index in [9.17, 15) is 31.1 Å². The van der Waals surface area contributed by atoms with Crippen LogP contribution in [0.1, 0.15) is 27.3 Å². The van der Waals surface area contributed by atoms with E-state index < -0.39 is 29.6 Å². The lowest BCUT2D eigenvalue weighted by atomic mass is 10.1. The van der Waals surface area contributed by atoms with Gasteiger partial charge in [-0.25, -0.2) is 4.68 Å². The van der Waals surface area contributed by atoms with E-state index >= 15 is 0 Å². The van der Waals surface area contributed by atoms with Crippen molar-refractivity contribution in [2.24, 2.45) is 0 Å². The number of carbonyl (C=O) groups excluding carboxylic acids is 1. The zero-order valence-electron chi connectivity index (χ0n) is 14.7.